The van der Waals surface area contributed by atoms with Crippen molar-refractivity contribution >= 4 is 44.7 Å². The van der Waals surface area contributed by atoms with E-state index in [1.165, 1.54) is 11.0 Å². The van der Waals surface area contributed by atoms with Crippen molar-refractivity contribution < 1.29 is 46.5 Å². The maximum absolute atomic E-state index is 14.7. The number of carbonyl (C=O) groups excluding carboxylic acids is 4. The second-order valence-electron chi connectivity index (χ2n) is 17.3. The number of rotatable bonds is 9. The number of hydrogen-bond donors (Lipinski definition) is 3. The number of aryl methyl sites for hydroxylation is 1. The summed E-state index contributed by atoms with van der Waals surface area (Å²) in [6.07, 6.45) is 3.20. The molecular weight excluding hydrogens is 743 g/mol. The Morgan fingerprint density at radius 2 is 1.91 bits per heavy atom. The van der Waals surface area contributed by atoms with Crippen LogP contribution < -0.4 is 29.6 Å². The van der Waals surface area contributed by atoms with Gasteiger partial charge in [-0.25, -0.2) is 18.2 Å². The van der Waals surface area contributed by atoms with E-state index in [1.54, 1.807) is 33.9 Å². The summed E-state index contributed by atoms with van der Waals surface area (Å²) in [7, 11) is -2.31. The average molecular weight is 798 g/mol. The molecule has 15 nitrogen and oxygen atoms in total. The van der Waals surface area contributed by atoms with Gasteiger partial charge in [0.2, 0.25) is 27.7 Å². The number of nitrogens with one attached hydrogen (secondary N) is 3. The number of carbonyl (C=O) groups is 4. The molecule has 4 aliphatic rings. The fourth-order valence-electron chi connectivity index (χ4n) is 7.59. The molecule has 2 saturated carbocycles. The molecule has 4 bridgehead atoms. The number of benzene rings is 1. The Morgan fingerprint density at radius 3 is 2.54 bits per heavy atom. The number of amides is 4. The van der Waals surface area contributed by atoms with Crippen molar-refractivity contribution in [1.82, 2.24) is 25.2 Å². The summed E-state index contributed by atoms with van der Waals surface area (Å²) in [6.45, 7) is 15.4. The van der Waals surface area contributed by atoms with Crippen LogP contribution in [0.5, 0.6) is 17.4 Å². The third kappa shape index (κ3) is 8.69. The predicted octanol–water partition coefficient (Wildman–Crippen LogP) is 4.16. The SMILES string of the molecule is C=C[C@H]1C[C@]1(NC(=O)[C@@H]1C[C@@H]2CN1C(=O)[C@H](C(C)(C)C)NC(=O)OCC(C)(C)CCCc1cc3c(cc(OCC)nc3cc1OC)O2)C(=O)NS(=O)(=O)C1CC1. The van der Waals surface area contributed by atoms with Crippen LogP contribution in [0.4, 0.5) is 4.79 Å². The molecule has 2 aliphatic heterocycles. The van der Waals surface area contributed by atoms with Crippen LogP contribution in [0, 0.1) is 16.7 Å². The fraction of sp³-hybridized carbons (Fsp3) is 0.625. The lowest BCUT2D eigenvalue weighted by Crippen LogP contribution is -2.60. The summed E-state index contributed by atoms with van der Waals surface area (Å²) in [4.78, 5) is 62.1. The van der Waals surface area contributed by atoms with Crippen molar-refractivity contribution in [3.8, 4) is 17.4 Å². The van der Waals surface area contributed by atoms with Crippen molar-refractivity contribution in [2.75, 3.05) is 26.9 Å². The van der Waals surface area contributed by atoms with Gasteiger partial charge in [-0.15, -0.1) is 6.58 Å². The number of cyclic esters (lactones) is 1. The fourth-order valence-corrected chi connectivity index (χ4v) is 8.95. The van der Waals surface area contributed by atoms with E-state index in [9.17, 15) is 27.6 Å². The Balaban J connectivity index is 1.40. The highest BCUT2D eigenvalue weighted by Crippen LogP contribution is 2.46. The van der Waals surface area contributed by atoms with Gasteiger partial charge in [-0.2, -0.15) is 0 Å². The van der Waals surface area contributed by atoms with Crippen LogP contribution in [0.1, 0.15) is 85.6 Å². The normalized spacial score (nSPS) is 26.9. The van der Waals surface area contributed by atoms with Crippen molar-refractivity contribution in [2.45, 2.75) is 115 Å². The maximum atomic E-state index is 14.7. The molecule has 56 heavy (non-hydrogen) atoms. The molecule has 6 rings (SSSR count). The summed E-state index contributed by atoms with van der Waals surface area (Å²) in [6, 6.07) is 3.23. The first-order chi connectivity index (χ1) is 26.3. The van der Waals surface area contributed by atoms with E-state index >= 15 is 0 Å². The lowest BCUT2D eigenvalue weighted by molar-refractivity contribution is -0.142. The van der Waals surface area contributed by atoms with E-state index in [-0.39, 0.29) is 26.0 Å². The molecule has 5 atom stereocenters. The van der Waals surface area contributed by atoms with E-state index in [4.69, 9.17) is 23.9 Å². The molecule has 3 fully saturated rings. The lowest BCUT2D eigenvalue weighted by atomic mass is 9.85. The number of aromatic nitrogens is 1. The minimum absolute atomic E-state index is 0.0146. The van der Waals surface area contributed by atoms with Gasteiger partial charge in [0.15, 0.2) is 0 Å². The van der Waals surface area contributed by atoms with Crippen molar-refractivity contribution in [2.24, 2.45) is 16.7 Å². The predicted molar refractivity (Wildman–Crippen MR) is 208 cm³/mol. The zero-order valence-electron chi connectivity index (χ0n) is 33.4. The molecule has 0 unspecified atom stereocenters. The van der Waals surface area contributed by atoms with Gasteiger partial charge in [-0.05, 0) is 67.9 Å². The number of ether oxygens (including phenoxy) is 4. The van der Waals surface area contributed by atoms with E-state index in [1.807, 2.05) is 32.9 Å². The Kier molecular flexibility index (Phi) is 11.3. The monoisotopic (exact) mass is 797 g/mol. The van der Waals surface area contributed by atoms with E-state index in [0.717, 1.165) is 18.4 Å². The van der Waals surface area contributed by atoms with Gasteiger partial charge in [0, 0.05) is 29.9 Å². The number of nitrogens with zero attached hydrogens (tertiary/aromatic N) is 2. The molecule has 0 spiro atoms. The minimum Gasteiger partial charge on any atom is -0.496 e. The Morgan fingerprint density at radius 1 is 1.18 bits per heavy atom. The second-order valence-corrected chi connectivity index (χ2v) is 19.2. The van der Waals surface area contributed by atoms with E-state index in [0.29, 0.717) is 54.2 Å². The first-order valence-corrected chi connectivity index (χ1v) is 20.9. The number of alkyl carbamates (subject to hydrolysis) is 1. The molecule has 2 aliphatic carbocycles. The number of pyridine rings is 1. The average Bonchev–Trinajstić information content (AvgIpc) is 4.05. The van der Waals surface area contributed by atoms with Gasteiger partial charge in [0.1, 0.15) is 35.2 Å². The maximum Gasteiger partial charge on any atom is 0.407 e. The highest BCUT2D eigenvalue weighted by Gasteiger charge is 2.62. The third-order valence-corrected chi connectivity index (χ3v) is 12.9. The van der Waals surface area contributed by atoms with E-state index in [2.05, 4.69) is 21.9 Å². The van der Waals surface area contributed by atoms with Gasteiger partial charge in [0.25, 0.3) is 5.91 Å². The first kappa shape index (κ1) is 41.0. The molecule has 2 aromatic rings. The second kappa shape index (κ2) is 15.4. The molecule has 3 N–H and O–H groups in total. The summed E-state index contributed by atoms with van der Waals surface area (Å²) < 4.78 is 51.7. The number of sulfonamides is 1. The van der Waals surface area contributed by atoms with Crippen molar-refractivity contribution in [3.63, 3.8) is 0 Å². The van der Waals surface area contributed by atoms with Gasteiger partial charge in [0.05, 0.1) is 37.6 Å². The molecule has 1 aromatic carbocycles. The quantitative estimate of drug-likeness (QED) is 0.309. The van der Waals surface area contributed by atoms with Gasteiger partial charge in [-0.3, -0.25) is 19.1 Å². The van der Waals surface area contributed by atoms with E-state index < -0.39 is 79.6 Å². The Labute approximate surface area is 328 Å². The standard InChI is InChI=1S/C40H55N5O10S/c1-9-24-20-40(24,36(48)44-56(50,51)26-13-14-26)43-34(46)29-17-25-21-45(29)35(47)33(38(3,4)5)42-37(49)54-22-39(6,7)15-11-12-23-16-27-28(18-30(23)52-8)41-32(53-10-2)19-31(27)55-25/h9,16,18-19,24-26,29,33H,1,10-15,17,20-22H2,2-8H3,(H,42,49)(H,43,46)(H,44,48)/t24-,25+,29-,33+,40+/m0/s1. The largest absolute Gasteiger partial charge is 0.496 e. The Bertz CT molecular complexity index is 2010. The van der Waals surface area contributed by atoms with Crippen LogP contribution in [0.2, 0.25) is 0 Å². The van der Waals surface area contributed by atoms with Crippen LogP contribution in [0.15, 0.2) is 30.9 Å². The summed E-state index contributed by atoms with van der Waals surface area (Å²) in [5, 5.41) is 5.63. The zero-order chi connectivity index (χ0) is 40.8. The summed E-state index contributed by atoms with van der Waals surface area (Å²) in [5.74, 6) is -1.19. The highest BCUT2D eigenvalue weighted by atomic mass is 32.2. The molecule has 0 radical (unpaired) electrons. The molecule has 1 saturated heterocycles. The number of methoxy groups -OCH3 is 1. The smallest absolute Gasteiger partial charge is 0.407 e. The third-order valence-electron chi connectivity index (χ3n) is 11.1. The molecule has 306 valence electrons. The number of fused-ring (bicyclic) bond motifs is 3. The van der Waals surface area contributed by atoms with Crippen molar-refractivity contribution in [3.05, 3.63) is 36.4 Å². The molecular formula is C40H55N5O10S. The van der Waals surface area contributed by atoms with Crippen LogP contribution >= 0.6 is 0 Å². The molecule has 4 amide bonds. The molecule has 16 heteroatoms. The summed E-state index contributed by atoms with van der Waals surface area (Å²) in [5.41, 5.74) is -1.29. The number of hydrogen-bond acceptors (Lipinski definition) is 11. The van der Waals surface area contributed by atoms with Crippen molar-refractivity contribution in [1.29, 1.82) is 0 Å². The zero-order valence-corrected chi connectivity index (χ0v) is 34.2. The molecule has 3 heterocycles. The summed E-state index contributed by atoms with van der Waals surface area (Å²) >= 11 is 0. The highest BCUT2D eigenvalue weighted by molar-refractivity contribution is 7.91. The van der Waals surface area contributed by atoms with Crippen LogP contribution in [-0.4, -0.2) is 98.0 Å². The van der Waals surface area contributed by atoms with Gasteiger partial charge >= 0.3 is 6.09 Å². The van der Waals surface area contributed by atoms with Crippen LogP contribution in [0.3, 0.4) is 0 Å². The first-order valence-electron chi connectivity index (χ1n) is 19.4. The Hall–Kier alpha value is -4.60. The lowest BCUT2D eigenvalue weighted by Gasteiger charge is -2.35. The van der Waals surface area contributed by atoms with Crippen LogP contribution in [0.25, 0.3) is 10.9 Å². The van der Waals surface area contributed by atoms with Crippen LogP contribution in [-0.2, 0) is 35.6 Å². The van der Waals surface area contributed by atoms with Gasteiger partial charge in [-0.1, -0.05) is 40.7 Å². The minimum atomic E-state index is -3.91. The molecule has 1 aromatic heterocycles. The van der Waals surface area contributed by atoms with Gasteiger partial charge < -0.3 is 34.5 Å². The topological polar surface area (TPSA) is 192 Å².